The third-order valence-corrected chi connectivity index (χ3v) is 2.68. The summed E-state index contributed by atoms with van der Waals surface area (Å²) in [5.41, 5.74) is 1.59. The molecule has 2 heterocycles. The molecular weight excluding hydrogens is 242 g/mol. The number of nitrogens with one attached hydrogen (secondary N) is 1. The Morgan fingerprint density at radius 2 is 2.16 bits per heavy atom. The Bertz CT molecular complexity index is 688. The Balaban J connectivity index is 1.92. The molecule has 0 aliphatic rings. The first-order valence-corrected chi connectivity index (χ1v) is 5.97. The van der Waals surface area contributed by atoms with Gasteiger partial charge in [0.2, 0.25) is 0 Å². The summed E-state index contributed by atoms with van der Waals surface area (Å²) >= 11 is 0. The summed E-state index contributed by atoms with van der Waals surface area (Å²) in [6, 6.07) is 9.62. The van der Waals surface area contributed by atoms with Crippen LogP contribution in [0, 0.1) is 0 Å². The van der Waals surface area contributed by atoms with Gasteiger partial charge in [-0.25, -0.2) is 0 Å². The van der Waals surface area contributed by atoms with Crippen molar-refractivity contribution in [3.8, 4) is 11.8 Å². The minimum absolute atomic E-state index is 0.225. The van der Waals surface area contributed by atoms with Crippen molar-refractivity contribution < 1.29 is 9.15 Å². The smallest absolute Gasteiger partial charge is 0.399 e. The van der Waals surface area contributed by atoms with Crippen molar-refractivity contribution in [1.29, 1.82) is 0 Å². The predicted molar refractivity (Wildman–Crippen MR) is 71.1 cm³/mol. The Labute approximate surface area is 110 Å². The van der Waals surface area contributed by atoms with Gasteiger partial charge in [-0.2, -0.15) is 4.98 Å². The van der Waals surface area contributed by atoms with Crippen LogP contribution < -0.4 is 10.1 Å². The summed E-state index contributed by atoms with van der Waals surface area (Å²) < 4.78 is 10.9. The zero-order chi connectivity index (χ0) is 13.1. The Morgan fingerprint density at radius 1 is 1.26 bits per heavy atom. The standard InChI is InChI=1S/C14H13N3O2/c1-15-8-11-9-18-14(17-11)19-12-6-2-4-10-5-3-7-16-13(10)12/h2-7,9,15H,8H2,1H3. The van der Waals surface area contributed by atoms with Crippen LogP contribution in [-0.2, 0) is 6.54 Å². The van der Waals surface area contributed by atoms with Crippen LogP contribution in [0.15, 0.2) is 47.2 Å². The average Bonchev–Trinajstić information content (AvgIpc) is 2.87. The highest BCUT2D eigenvalue weighted by molar-refractivity contribution is 5.84. The number of benzene rings is 1. The largest absolute Gasteiger partial charge is 0.417 e. The van der Waals surface area contributed by atoms with Gasteiger partial charge in [-0.15, -0.1) is 0 Å². The van der Waals surface area contributed by atoms with E-state index in [1.165, 1.54) is 0 Å². The van der Waals surface area contributed by atoms with Crippen molar-refractivity contribution in [2.24, 2.45) is 0 Å². The molecule has 3 aromatic rings. The fraction of sp³-hybridized carbons (Fsp3) is 0.143. The SMILES string of the molecule is CNCc1coc(Oc2cccc3cccnc23)n1. The molecule has 0 bridgehead atoms. The first-order valence-electron chi connectivity index (χ1n) is 5.97. The Kier molecular flexibility index (Phi) is 3.12. The van der Waals surface area contributed by atoms with E-state index in [9.17, 15) is 0 Å². The second-order valence-corrected chi connectivity index (χ2v) is 4.07. The van der Waals surface area contributed by atoms with Gasteiger partial charge < -0.3 is 14.5 Å². The number of fused-ring (bicyclic) bond motifs is 1. The molecule has 0 atom stereocenters. The van der Waals surface area contributed by atoms with Gasteiger partial charge in [0.1, 0.15) is 11.8 Å². The van der Waals surface area contributed by atoms with Gasteiger partial charge >= 0.3 is 6.08 Å². The highest BCUT2D eigenvalue weighted by atomic mass is 16.6. The fourth-order valence-corrected chi connectivity index (χ4v) is 1.85. The number of hydrogen-bond donors (Lipinski definition) is 1. The maximum atomic E-state index is 5.65. The topological polar surface area (TPSA) is 60.2 Å². The summed E-state index contributed by atoms with van der Waals surface area (Å²) in [5.74, 6) is 0.635. The van der Waals surface area contributed by atoms with Gasteiger partial charge in [-0.3, -0.25) is 4.98 Å². The lowest BCUT2D eigenvalue weighted by Crippen LogP contribution is -2.04. The molecular formula is C14H13N3O2. The third-order valence-electron chi connectivity index (χ3n) is 2.68. The molecule has 0 radical (unpaired) electrons. The number of ether oxygens (including phenoxy) is 1. The van der Waals surface area contributed by atoms with E-state index in [4.69, 9.17) is 9.15 Å². The van der Waals surface area contributed by atoms with Crippen LogP contribution in [0.5, 0.6) is 11.8 Å². The first-order chi connectivity index (χ1) is 9.36. The van der Waals surface area contributed by atoms with Gasteiger partial charge in [-0.1, -0.05) is 18.2 Å². The lowest BCUT2D eigenvalue weighted by molar-refractivity contribution is 0.333. The molecule has 0 unspecified atom stereocenters. The van der Waals surface area contributed by atoms with Crippen molar-refractivity contribution in [3.63, 3.8) is 0 Å². The minimum atomic E-state index is 0.225. The van der Waals surface area contributed by atoms with E-state index in [1.54, 1.807) is 12.5 Å². The second kappa shape index (κ2) is 5.07. The third kappa shape index (κ3) is 2.41. The normalized spacial score (nSPS) is 10.8. The molecule has 0 aliphatic carbocycles. The van der Waals surface area contributed by atoms with Gasteiger partial charge in [0.15, 0.2) is 5.75 Å². The van der Waals surface area contributed by atoms with Crippen LogP contribution in [0.2, 0.25) is 0 Å². The summed E-state index contributed by atoms with van der Waals surface area (Å²) in [5, 5.41) is 4.02. The van der Waals surface area contributed by atoms with Crippen LogP contribution in [0.3, 0.4) is 0 Å². The van der Waals surface area contributed by atoms with Gasteiger partial charge in [0.05, 0.1) is 5.69 Å². The van der Waals surface area contributed by atoms with Crippen molar-refractivity contribution in [2.75, 3.05) is 7.05 Å². The van der Waals surface area contributed by atoms with Crippen LogP contribution in [0.1, 0.15) is 5.69 Å². The number of para-hydroxylation sites is 1. The van der Waals surface area contributed by atoms with Crippen molar-refractivity contribution >= 4 is 10.9 Å². The zero-order valence-corrected chi connectivity index (χ0v) is 10.5. The molecule has 5 heteroatoms. The molecule has 5 nitrogen and oxygen atoms in total. The van der Waals surface area contributed by atoms with Crippen LogP contribution in [0.4, 0.5) is 0 Å². The number of pyridine rings is 1. The van der Waals surface area contributed by atoms with Crippen LogP contribution in [-0.4, -0.2) is 17.0 Å². The molecule has 0 spiro atoms. The monoisotopic (exact) mass is 255 g/mol. The van der Waals surface area contributed by atoms with E-state index >= 15 is 0 Å². The molecule has 19 heavy (non-hydrogen) atoms. The molecule has 3 rings (SSSR count). The van der Waals surface area contributed by atoms with E-state index in [0.717, 1.165) is 16.6 Å². The van der Waals surface area contributed by atoms with E-state index in [0.29, 0.717) is 12.3 Å². The number of oxazole rings is 1. The Hall–Kier alpha value is -2.40. The predicted octanol–water partition coefficient (Wildman–Crippen LogP) is 2.73. The highest BCUT2D eigenvalue weighted by Crippen LogP contribution is 2.27. The lowest BCUT2D eigenvalue weighted by Gasteiger charge is -2.03. The number of rotatable bonds is 4. The number of hydrogen-bond acceptors (Lipinski definition) is 5. The van der Waals surface area contributed by atoms with E-state index in [2.05, 4.69) is 15.3 Å². The quantitative estimate of drug-likeness (QED) is 0.776. The average molecular weight is 255 g/mol. The maximum Gasteiger partial charge on any atom is 0.399 e. The summed E-state index contributed by atoms with van der Waals surface area (Å²) in [4.78, 5) is 8.54. The van der Waals surface area contributed by atoms with E-state index < -0.39 is 0 Å². The lowest BCUT2D eigenvalue weighted by atomic mass is 10.2. The maximum absolute atomic E-state index is 5.65. The van der Waals surface area contributed by atoms with E-state index in [-0.39, 0.29) is 6.08 Å². The van der Waals surface area contributed by atoms with Crippen LogP contribution in [0.25, 0.3) is 10.9 Å². The molecule has 0 saturated carbocycles. The molecule has 2 aromatic heterocycles. The summed E-state index contributed by atoms with van der Waals surface area (Å²) in [6.07, 6.45) is 3.53. The molecule has 1 N–H and O–H groups in total. The summed E-state index contributed by atoms with van der Waals surface area (Å²) in [6.45, 7) is 0.640. The van der Waals surface area contributed by atoms with E-state index in [1.807, 2.05) is 37.4 Å². The van der Waals surface area contributed by atoms with Gasteiger partial charge in [0, 0.05) is 18.1 Å². The minimum Gasteiger partial charge on any atom is -0.417 e. The number of aromatic nitrogens is 2. The highest BCUT2D eigenvalue weighted by Gasteiger charge is 2.09. The molecule has 0 saturated heterocycles. The van der Waals surface area contributed by atoms with Gasteiger partial charge in [-0.05, 0) is 19.2 Å². The molecule has 0 fully saturated rings. The molecule has 1 aromatic carbocycles. The number of nitrogens with zero attached hydrogens (tertiary/aromatic N) is 2. The first kappa shape index (κ1) is 11.7. The van der Waals surface area contributed by atoms with Crippen molar-refractivity contribution in [2.45, 2.75) is 6.54 Å². The van der Waals surface area contributed by atoms with Gasteiger partial charge in [0.25, 0.3) is 0 Å². The fourth-order valence-electron chi connectivity index (χ4n) is 1.85. The zero-order valence-electron chi connectivity index (χ0n) is 10.5. The van der Waals surface area contributed by atoms with Crippen molar-refractivity contribution in [3.05, 3.63) is 48.5 Å². The molecule has 96 valence electrons. The molecule has 0 aliphatic heterocycles. The Morgan fingerprint density at radius 3 is 3.05 bits per heavy atom. The van der Waals surface area contributed by atoms with Crippen molar-refractivity contribution in [1.82, 2.24) is 15.3 Å². The van der Waals surface area contributed by atoms with Crippen LogP contribution >= 0.6 is 0 Å². The molecule has 0 amide bonds. The second-order valence-electron chi connectivity index (χ2n) is 4.07. The summed E-state index contributed by atoms with van der Waals surface area (Å²) in [7, 11) is 1.85.